The molecule has 0 unspecified atom stereocenters. The van der Waals surface area contributed by atoms with Crippen molar-refractivity contribution in [1.82, 2.24) is 20.7 Å². The average Bonchev–Trinajstić information content (AvgIpc) is 2.53. The number of rotatable bonds is 5. The van der Waals surface area contributed by atoms with Crippen molar-refractivity contribution in [2.75, 3.05) is 21.1 Å². The Bertz CT molecular complexity index is 432. The molecule has 0 amide bonds. The fraction of sp³-hybridized carbons (Fsp3) is 0.647. The number of hydrogen-bond donors (Lipinski definition) is 3. The summed E-state index contributed by atoms with van der Waals surface area (Å²) < 4.78 is 0. The lowest BCUT2D eigenvalue weighted by molar-refractivity contribution is 0.217. The van der Waals surface area contributed by atoms with Gasteiger partial charge in [0.1, 0.15) is 5.84 Å². The van der Waals surface area contributed by atoms with Gasteiger partial charge in [0.25, 0.3) is 0 Å². The molecular weight excluding hydrogens is 288 g/mol. The Balaban J connectivity index is 2.64. The number of nitrogens with one attached hydrogen (secondary N) is 3. The van der Waals surface area contributed by atoms with Crippen LogP contribution in [0.4, 0.5) is 0 Å². The van der Waals surface area contributed by atoms with Gasteiger partial charge in [0.2, 0.25) is 5.96 Å². The second kappa shape index (κ2) is 10.0. The summed E-state index contributed by atoms with van der Waals surface area (Å²) in [5.41, 5.74) is 3.00. The highest BCUT2D eigenvalue weighted by Crippen LogP contribution is 2.23. The van der Waals surface area contributed by atoms with Crippen molar-refractivity contribution in [3.05, 3.63) is 24.9 Å². The van der Waals surface area contributed by atoms with Crippen molar-refractivity contribution in [3.8, 4) is 0 Å². The molecule has 6 heteroatoms. The van der Waals surface area contributed by atoms with Crippen LogP contribution in [0.2, 0.25) is 0 Å². The van der Waals surface area contributed by atoms with Crippen LogP contribution >= 0.6 is 0 Å². The molecule has 1 aliphatic rings. The zero-order valence-corrected chi connectivity index (χ0v) is 15.0. The van der Waals surface area contributed by atoms with E-state index in [1.54, 1.807) is 17.3 Å². The summed E-state index contributed by atoms with van der Waals surface area (Å²) in [5, 5.41) is 12.7. The molecule has 0 aliphatic heterocycles. The minimum Gasteiger partial charge on any atom is -0.332 e. The highest BCUT2D eigenvalue weighted by atomic mass is 15.6. The monoisotopic (exact) mass is 320 g/mol. The van der Waals surface area contributed by atoms with Crippen molar-refractivity contribution >= 4 is 11.8 Å². The molecule has 1 fully saturated rings. The Morgan fingerprint density at radius 1 is 1.26 bits per heavy atom. The van der Waals surface area contributed by atoms with E-state index >= 15 is 0 Å². The summed E-state index contributed by atoms with van der Waals surface area (Å²) >= 11 is 0. The van der Waals surface area contributed by atoms with Gasteiger partial charge in [0, 0.05) is 13.1 Å². The van der Waals surface area contributed by atoms with Gasteiger partial charge in [-0.3, -0.25) is 15.8 Å². The topological polar surface area (TPSA) is 66.8 Å². The van der Waals surface area contributed by atoms with Crippen LogP contribution in [0.5, 0.6) is 0 Å². The summed E-state index contributed by atoms with van der Waals surface area (Å²) in [7, 11) is 6.15. The molecule has 0 atom stereocenters. The quantitative estimate of drug-likeness (QED) is 0.413. The molecule has 0 aromatic rings. The maximum atomic E-state index is 7.89. The maximum absolute atomic E-state index is 7.89. The van der Waals surface area contributed by atoms with Gasteiger partial charge < -0.3 is 10.2 Å². The van der Waals surface area contributed by atoms with E-state index in [0.717, 1.165) is 19.3 Å². The van der Waals surface area contributed by atoms with E-state index in [0.29, 0.717) is 23.9 Å². The lowest BCUT2D eigenvalue weighted by atomic mass is 9.91. The number of nitrogens with zero attached hydrogens (tertiary/aromatic N) is 3. The summed E-state index contributed by atoms with van der Waals surface area (Å²) in [6, 6.07) is 0.985. The largest absolute Gasteiger partial charge is 0.332 e. The smallest absolute Gasteiger partial charge is 0.217 e. The molecule has 0 aromatic carbocycles. The molecule has 0 heterocycles. The molecule has 1 rings (SSSR count). The number of aliphatic imine (C=N–C) groups is 1. The Labute approximate surface area is 140 Å². The lowest BCUT2D eigenvalue weighted by Crippen LogP contribution is -2.48. The molecule has 1 aliphatic carbocycles. The average molecular weight is 320 g/mol. The molecular formula is C17H32N6. The Hall–Kier alpha value is -1.82. The Morgan fingerprint density at radius 2 is 1.91 bits per heavy atom. The third-order valence-electron chi connectivity index (χ3n) is 4.06. The van der Waals surface area contributed by atoms with Gasteiger partial charge in [-0.05, 0) is 58.5 Å². The number of hydrogen-bond acceptors (Lipinski definition) is 3. The van der Waals surface area contributed by atoms with Crippen LogP contribution in [-0.4, -0.2) is 54.9 Å². The number of hydrazine groups is 1. The minimum atomic E-state index is 0.318. The van der Waals surface area contributed by atoms with Crippen LogP contribution < -0.4 is 10.7 Å². The van der Waals surface area contributed by atoms with E-state index in [1.165, 1.54) is 12.8 Å². The van der Waals surface area contributed by atoms with Crippen LogP contribution in [-0.2, 0) is 0 Å². The Morgan fingerprint density at radius 3 is 2.43 bits per heavy atom. The van der Waals surface area contributed by atoms with Gasteiger partial charge in [0.05, 0.1) is 6.04 Å². The number of amidine groups is 1. The van der Waals surface area contributed by atoms with Gasteiger partial charge in [-0.15, -0.1) is 0 Å². The molecule has 23 heavy (non-hydrogen) atoms. The van der Waals surface area contributed by atoms with E-state index in [1.807, 2.05) is 20.0 Å². The van der Waals surface area contributed by atoms with Crippen LogP contribution in [0.25, 0.3) is 0 Å². The van der Waals surface area contributed by atoms with Crippen molar-refractivity contribution in [3.63, 3.8) is 0 Å². The molecule has 3 N–H and O–H groups in total. The lowest BCUT2D eigenvalue weighted by Gasteiger charge is -2.32. The Kier molecular flexibility index (Phi) is 8.40. The van der Waals surface area contributed by atoms with Crippen LogP contribution in [0, 0.1) is 5.41 Å². The fourth-order valence-electron chi connectivity index (χ4n) is 2.70. The second-order valence-electron chi connectivity index (χ2n) is 6.12. The van der Waals surface area contributed by atoms with Gasteiger partial charge in [-0.25, -0.2) is 4.99 Å². The van der Waals surface area contributed by atoms with E-state index in [4.69, 9.17) is 10.4 Å². The van der Waals surface area contributed by atoms with Gasteiger partial charge >= 0.3 is 0 Å². The summed E-state index contributed by atoms with van der Waals surface area (Å²) in [4.78, 5) is 7.11. The summed E-state index contributed by atoms with van der Waals surface area (Å²) in [6.07, 6.45) is 10.8. The first-order valence-electron chi connectivity index (χ1n) is 8.35. The summed E-state index contributed by atoms with van der Waals surface area (Å²) in [5.74, 6) is 1.03. The van der Waals surface area contributed by atoms with Crippen molar-refractivity contribution < 1.29 is 0 Å². The predicted molar refractivity (Wildman–Crippen MR) is 98.6 cm³/mol. The van der Waals surface area contributed by atoms with Crippen LogP contribution in [0.1, 0.15) is 39.0 Å². The van der Waals surface area contributed by atoms with Gasteiger partial charge in [-0.1, -0.05) is 19.6 Å². The zero-order chi connectivity index (χ0) is 17.2. The molecule has 130 valence electrons. The third-order valence-corrected chi connectivity index (χ3v) is 4.06. The fourth-order valence-corrected chi connectivity index (χ4v) is 2.70. The maximum Gasteiger partial charge on any atom is 0.217 e. The molecule has 0 spiro atoms. The molecule has 1 saturated carbocycles. The zero-order valence-electron chi connectivity index (χ0n) is 15.0. The highest BCUT2D eigenvalue weighted by molar-refractivity contribution is 5.92. The molecule has 0 saturated heterocycles. The van der Waals surface area contributed by atoms with E-state index in [2.05, 4.69) is 36.3 Å². The van der Waals surface area contributed by atoms with Crippen molar-refractivity contribution in [2.24, 2.45) is 4.99 Å². The van der Waals surface area contributed by atoms with Gasteiger partial charge in [0.15, 0.2) is 0 Å². The van der Waals surface area contributed by atoms with Crippen molar-refractivity contribution in [2.45, 2.75) is 51.1 Å². The highest BCUT2D eigenvalue weighted by Gasteiger charge is 2.22. The van der Waals surface area contributed by atoms with Crippen LogP contribution in [0.15, 0.2) is 29.9 Å². The van der Waals surface area contributed by atoms with Gasteiger partial charge in [-0.2, -0.15) is 0 Å². The van der Waals surface area contributed by atoms with Crippen molar-refractivity contribution in [1.29, 1.82) is 5.41 Å². The first kappa shape index (κ1) is 19.2. The number of guanidine groups is 1. The first-order valence-corrected chi connectivity index (χ1v) is 8.35. The van der Waals surface area contributed by atoms with E-state index in [-0.39, 0.29) is 0 Å². The first-order chi connectivity index (χ1) is 11.0. The minimum absolute atomic E-state index is 0.318. The number of allylic oxidation sites excluding steroid dienone is 1. The third kappa shape index (κ3) is 6.86. The molecule has 0 aromatic heterocycles. The standard InChI is InChI=1S/C17H32N6/c1-6-8-9-16(18)21-23(5)17(19-7-2)20-14-10-12-15(13-11-14)22(3)4/h7-9,14-15H,2,6,10-13H2,1,3-5H3,(H2,18,21)(H,19,20)/b9-8-. The molecule has 6 nitrogen and oxygen atoms in total. The second-order valence-corrected chi connectivity index (χ2v) is 6.12. The SMILES string of the molecule is C=CNC(=NC1CCC(N(C)C)CC1)N(C)NC(=N)/C=C\CC. The summed E-state index contributed by atoms with van der Waals surface area (Å²) in [6.45, 7) is 5.76. The normalized spacial score (nSPS) is 22.2. The molecule has 0 bridgehead atoms. The van der Waals surface area contributed by atoms with E-state index < -0.39 is 0 Å². The molecule has 0 radical (unpaired) electrons. The van der Waals surface area contributed by atoms with E-state index in [9.17, 15) is 0 Å². The predicted octanol–water partition coefficient (Wildman–Crippen LogP) is 2.33. The van der Waals surface area contributed by atoms with Crippen LogP contribution in [0.3, 0.4) is 0 Å².